The molecule has 4 nitrogen and oxygen atoms in total. The maximum Gasteiger partial charge on any atom is 0.410 e. The summed E-state index contributed by atoms with van der Waals surface area (Å²) in [6.45, 7) is 7.14. The number of ether oxygens (including phenoxy) is 1. The van der Waals surface area contributed by atoms with Gasteiger partial charge in [0.1, 0.15) is 17.2 Å². The van der Waals surface area contributed by atoms with Gasteiger partial charge in [0.05, 0.1) is 6.04 Å². The van der Waals surface area contributed by atoms with E-state index in [0.29, 0.717) is 31.6 Å². The molecule has 0 spiro atoms. The fourth-order valence-electron chi connectivity index (χ4n) is 2.45. The SMILES string of the molecule is CC(C)(C)OC(=O)N1CCNCC1Cc1ccc(F)cc1F. The van der Waals surface area contributed by atoms with E-state index in [1.54, 1.807) is 4.90 Å². The Balaban J connectivity index is 2.11. The lowest BCUT2D eigenvalue weighted by molar-refractivity contribution is 0.0121. The molecule has 1 aromatic carbocycles. The highest BCUT2D eigenvalue weighted by molar-refractivity contribution is 5.68. The number of amides is 1. The largest absolute Gasteiger partial charge is 0.444 e. The Morgan fingerprint density at radius 2 is 2.14 bits per heavy atom. The van der Waals surface area contributed by atoms with Crippen LogP contribution >= 0.6 is 0 Å². The number of carbonyl (C=O) groups is 1. The molecule has 6 heteroatoms. The molecule has 1 atom stereocenters. The summed E-state index contributed by atoms with van der Waals surface area (Å²) in [5.74, 6) is -1.19. The van der Waals surface area contributed by atoms with Gasteiger partial charge in [0.15, 0.2) is 0 Å². The third-order valence-electron chi connectivity index (χ3n) is 3.45. The molecule has 0 radical (unpaired) electrons. The van der Waals surface area contributed by atoms with Crippen LogP contribution in [-0.2, 0) is 11.2 Å². The number of hydrogen-bond acceptors (Lipinski definition) is 3. The maximum atomic E-state index is 13.8. The zero-order valence-electron chi connectivity index (χ0n) is 13.2. The summed E-state index contributed by atoms with van der Waals surface area (Å²) < 4.78 is 32.2. The molecule has 0 bridgehead atoms. The fraction of sp³-hybridized carbons (Fsp3) is 0.562. The molecule has 0 aromatic heterocycles. The van der Waals surface area contributed by atoms with E-state index in [2.05, 4.69) is 5.32 Å². The second-order valence-corrected chi connectivity index (χ2v) is 6.47. The molecule has 1 N–H and O–H groups in total. The van der Waals surface area contributed by atoms with Crippen molar-refractivity contribution in [2.45, 2.75) is 38.8 Å². The van der Waals surface area contributed by atoms with Crippen molar-refractivity contribution in [1.82, 2.24) is 10.2 Å². The van der Waals surface area contributed by atoms with Crippen molar-refractivity contribution in [1.29, 1.82) is 0 Å². The third kappa shape index (κ3) is 4.40. The topological polar surface area (TPSA) is 41.6 Å². The van der Waals surface area contributed by atoms with Crippen LogP contribution in [0, 0.1) is 11.6 Å². The van der Waals surface area contributed by atoms with Crippen LogP contribution in [0.15, 0.2) is 18.2 Å². The molecule has 1 fully saturated rings. The first kappa shape index (κ1) is 16.7. The van der Waals surface area contributed by atoms with Crippen LogP contribution in [0.5, 0.6) is 0 Å². The van der Waals surface area contributed by atoms with Crippen LogP contribution < -0.4 is 5.32 Å². The number of rotatable bonds is 2. The summed E-state index contributed by atoms with van der Waals surface area (Å²) in [5, 5.41) is 3.19. The molecule has 1 aliphatic rings. The van der Waals surface area contributed by atoms with E-state index in [1.165, 1.54) is 12.1 Å². The van der Waals surface area contributed by atoms with Gasteiger partial charge >= 0.3 is 6.09 Å². The van der Waals surface area contributed by atoms with Crippen LogP contribution in [0.4, 0.5) is 13.6 Å². The van der Waals surface area contributed by atoms with E-state index in [4.69, 9.17) is 4.74 Å². The molecule has 122 valence electrons. The molecule has 1 aliphatic heterocycles. The minimum atomic E-state index is -0.605. The van der Waals surface area contributed by atoms with Crippen LogP contribution in [-0.4, -0.2) is 42.3 Å². The first-order valence-electron chi connectivity index (χ1n) is 7.40. The molecule has 1 heterocycles. The highest BCUT2D eigenvalue weighted by Gasteiger charge is 2.30. The maximum absolute atomic E-state index is 13.8. The van der Waals surface area contributed by atoms with E-state index in [9.17, 15) is 13.6 Å². The molecule has 2 rings (SSSR count). The Morgan fingerprint density at radius 3 is 2.77 bits per heavy atom. The zero-order valence-corrected chi connectivity index (χ0v) is 13.2. The molecule has 1 unspecified atom stereocenters. The van der Waals surface area contributed by atoms with Gasteiger partial charge in [-0.25, -0.2) is 13.6 Å². The predicted molar refractivity (Wildman–Crippen MR) is 79.7 cm³/mol. The van der Waals surface area contributed by atoms with Crippen LogP contribution in [0.25, 0.3) is 0 Å². The van der Waals surface area contributed by atoms with E-state index < -0.39 is 23.3 Å². The van der Waals surface area contributed by atoms with Crippen molar-refractivity contribution in [3.8, 4) is 0 Å². The lowest BCUT2D eigenvalue weighted by Gasteiger charge is -2.37. The van der Waals surface area contributed by atoms with Crippen molar-refractivity contribution < 1.29 is 18.3 Å². The quantitative estimate of drug-likeness (QED) is 0.913. The monoisotopic (exact) mass is 312 g/mol. The van der Waals surface area contributed by atoms with Gasteiger partial charge in [-0.05, 0) is 38.8 Å². The first-order chi connectivity index (χ1) is 10.3. The molecule has 0 saturated carbocycles. The summed E-state index contributed by atoms with van der Waals surface area (Å²) in [6.07, 6.45) is -0.0836. The molecule has 1 amide bonds. The average molecular weight is 312 g/mol. The van der Waals surface area contributed by atoms with Gasteiger partial charge in [-0.1, -0.05) is 6.07 Å². The number of nitrogens with one attached hydrogen (secondary N) is 1. The van der Waals surface area contributed by atoms with E-state index in [-0.39, 0.29) is 6.04 Å². The smallest absolute Gasteiger partial charge is 0.410 e. The van der Waals surface area contributed by atoms with Gasteiger partial charge in [-0.3, -0.25) is 0 Å². The normalized spacial score (nSPS) is 19.1. The Hall–Kier alpha value is -1.69. The summed E-state index contributed by atoms with van der Waals surface area (Å²) in [4.78, 5) is 13.9. The Morgan fingerprint density at radius 1 is 1.41 bits per heavy atom. The Bertz CT molecular complexity index is 543. The molecule has 1 saturated heterocycles. The van der Waals surface area contributed by atoms with Crippen molar-refractivity contribution in [2.75, 3.05) is 19.6 Å². The van der Waals surface area contributed by atoms with Crippen LogP contribution in [0.3, 0.4) is 0 Å². The van der Waals surface area contributed by atoms with E-state index in [0.717, 1.165) is 6.07 Å². The van der Waals surface area contributed by atoms with Gasteiger partial charge in [-0.15, -0.1) is 0 Å². The fourth-order valence-corrected chi connectivity index (χ4v) is 2.45. The van der Waals surface area contributed by atoms with Gasteiger partial charge in [0.2, 0.25) is 0 Å². The molecule has 0 aliphatic carbocycles. The van der Waals surface area contributed by atoms with Gasteiger partial charge in [-0.2, -0.15) is 0 Å². The third-order valence-corrected chi connectivity index (χ3v) is 3.45. The van der Waals surface area contributed by atoms with Crippen molar-refractivity contribution in [3.05, 3.63) is 35.4 Å². The molecule has 22 heavy (non-hydrogen) atoms. The number of piperazine rings is 1. The predicted octanol–water partition coefficient (Wildman–Crippen LogP) is 2.72. The Labute approximate surface area is 129 Å². The van der Waals surface area contributed by atoms with Crippen LogP contribution in [0.1, 0.15) is 26.3 Å². The zero-order chi connectivity index (χ0) is 16.3. The Kier molecular flexibility index (Phi) is 5.01. The minimum absolute atomic E-state index is 0.219. The highest BCUT2D eigenvalue weighted by atomic mass is 19.1. The standard InChI is InChI=1S/C16H22F2N2O2/c1-16(2,3)22-15(21)20-7-6-19-10-13(20)8-11-4-5-12(17)9-14(11)18/h4-5,9,13,19H,6-8,10H2,1-3H3. The molecular formula is C16H22F2N2O2. The van der Waals surface area contributed by atoms with E-state index in [1.807, 2.05) is 20.8 Å². The second kappa shape index (κ2) is 6.60. The minimum Gasteiger partial charge on any atom is -0.444 e. The summed E-state index contributed by atoms with van der Waals surface area (Å²) in [7, 11) is 0. The summed E-state index contributed by atoms with van der Waals surface area (Å²) in [5.41, 5.74) is -0.183. The van der Waals surface area contributed by atoms with Gasteiger partial charge < -0.3 is 15.0 Å². The van der Waals surface area contributed by atoms with Gasteiger partial charge in [0, 0.05) is 25.7 Å². The van der Waals surface area contributed by atoms with Crippen molar-refractivity contribution in [2.24, 2.45) is 0 Å². The first-order valence-corrected chi connectivity index (χ1v) is 7.40. The lowest BCUT2D eigenvalue weighted by Crippen LogP contribution is -2.55. The number of halogens is 2. The number of carbonyl (C=O) groups excluding carboxylic acids is 1. The average Bonchev–Trinajstić information content (AvgIpc) is 2.40. The number of nitrogens with zero attached hydrogens (tertiary/aromatic N) is 1. The van der Waals surface area contributed by atoms with Crippen LogP contribution in [0.2, 0.25) is 0 Å². The van der Waals surface area contributed by atoms with Crippen molar-refractivity contribution >= 4 is 6.09 Å². The van der Waals surface area contributed by atoms with E-state index >= 15 is 0 Å². The molecular weight excluding hydrogens is 290 g/mol. The lowest BCUT2D eigenvalue weighted by atomic mass is 10.0. The number of hydrogen-bond donors (Lipinski definition) is 1. The summed E-state index contributed by atoms with van der Waals surface area (Å²) >= 11 is 0. The highest BCUT2D eigenvalue weighted by Crippen LogP contribution is 2.18. The second-order valence-electron chi connectivity index (χ2n) is 6.47. The van der Waals surface area contributed by atoms with Gasteiger partial charge in [0.25, 0.3) is 0 Å². The number of benzene rings is 1. The molecule has 1 aromatic rings. The summed E-state index contributed by atoms with van der Waals surface area (Å²) in [6, 6.07) is 3.30. The van der Waals surface area contributed by atoms with Crippen molar-refractivity contribution in [3.63, 3.8) is 0 Å².